The van der Waals surface area contributed by atoms with Crippen LogP contribution in [-0.2, 0) is 55.3 Å². The van der Waals surface area contributed by atoms with Crippen molar-refractivity contribution in [2.75, 3.05) is 46.6 Å². The average molecular weight is 610 g/mol. The minimum Gasteiger partial charge on any atom is -0.464 e. The molecule has 0 aliphatic carbocycles. The van der Waals surface area contributed by atoms with E-state index in [2.05, 4.69) is 4.76 Å². The lowest BCUT2D eigenvalue weighted by Crippen LogP contribution is -2.38. The predicted octanol–water partition coefficient (Wildman–Crippen LogP) is 4.03. The summed E-state index contributed by atoms with van der Waals surface area (Å²) in [7, 11) is -2.91. The first kappa shape index (κ1) is 34.1. The molecule has 0 atom stereocenters. The van der Waals surface area contributed by atoms with Crippen LogP contribution in [0.1, 0.15) is 24.5 Å². The maximum Gasteiger partial charge on any atom is 0.508 e. The number of nitrogens with zero attached hydrogens (tertiary/aromatic N) is 2. The molecular formula is C27H36N3O11P. The van der Waals surface area contributed by atoms with E-state index in [0.29, 0.717) is 6.42 Å². The topological polar surface area (TPSA) is 175 Å². The molecule has 0 amide bonds. The van der Waals surface area contributed by atoms with Gasteiger partial charge >= 0.3 is 26.0 Å². The summed E-state index contributed by atoms with van der Waals surface area (Å²) < 4.78 is 52.5. The molecule has 0 bridgehead atoms. The van der Waals surface area contributed by atoms with E-state index in [4.69, 9.17) is 38.5 Å². The van der Waals surface area contributed by atoms with E-state index in [1.165, 1.54) is 11.9 Å². The number of likely N-dealkylation sites (N-methyl/N-ethyl adjacent to an activating group) is 1. The van der Waals surface area contributed by atoms with Crippen molar-refractivity contribution in [3.8, 4) is 0 Å². The van der Waals surface area contributed by atoms with Gasteiger partial charge in [0.05, 0.1) is 19.8 Å². The molecule has 0 heterocycles. The molecule has 42 heavy (non-hydrogen) atoms. The Bertz CT molecular complexity index is 1110. The summed E-state index contributed by atoms with van der Waals surface area (Å²) in [5, 5.41) is 0. The standard InChI is InChI=1S/C27H36N3O11P/c1-3-14-35-24(31)19-30(2)25(28)29-42(34,40-17-15-36-26(32)38-20-22-10-6-4-7-11-22)41-18-16-37-27(33)39-21-23-12-8-5-9-13-23/h4-13H,3,14-21H2,1-2H3,(H2,28,29,34). The predicted molar refractivity (Wildman–Crippen MR) is 150 cm³/mol. The van der Waals surface area contributed by atoms with Crippen LogP contribution < -0.4 is 5.73 Å². The highest BCUT2D eigenvalue weighted by atomic mass is 31.2. The van der Waals surface area contributed by atoms with Crippen molar-refractivity contribution in [3.05, 3.63) is 71.8 Å². The van der Waals surface area contributed by atoms with E-state index >= 15 is 0 Å². The molecule has 0 spiro atoms. The summed E-state index contributed by atoms with van der Waals surface area (Å²) in [5.74, 6) is -0.919. The summed E-state index contributed by atoms with van der Waals surface area (Å²) in [6.07, 6.45) is -1.29. The number of carbonyl (C=O) groups is 3. The zero-order valence-corrected chi connectivity index (χ0v) is 24.4. The molecule has 0 aromatic heterocycles. The van der Waals surface area contributed by atoms with Gasteiger partial charge in [-0.25, -0.2) is 14.2 Å². The quantitative estimate of drug-likeness (QED) is 0.0680. The van der Waals surface area contributed by atoms with Gasteiger partial charge < -0.3 is 34.3 Å². The van der Waals surface area contributed by atoms with Gasteiger partial charge in [0.2, 0.25) is 5.96 Å². The smallest absolute Gasteiger partial charge is 0.464 e. The molecule has 15 heteroatoms. The molecule has 0 radical (unpaired) electrons. The van der Waals surface area contributed by atoms with E-state index in [9.17, 15) is 18.9 Å². The number of benzene rings is 2. The minimum atomic E-state index is -4.34. The van der Waals surface area contributed by atoms with Crippen LogP contribution in [0.25, 0.3) is 0 Å². The van der Waals surface area contributed by atoms with Gasteiger partial charge in [-0.15, -0.1) is 4.76 Å². The Morgan fingerprint density at radius 1 is 0.738 bits per heavy atom. The molecule has 0 aliphatic heterocycles. The van der Waals surface area contributed by atoms with Gasteiger partial charge in [0.25, 0.3) is 0 Å². The molecule has 0 unspecified atom stereocenters. The second-order valence-corrected chi connectivity index (χ2v) is 10.1. The average Bonchev–Trinajstić information content (AvgIpc) is 2.99. The summed E-state index contributed by atoms with van der Waals surface area (Å²) in [5.41, 5.74) is 7.43. The molecular weight excluding hydrogens is 573 g/mol. The Morgan fingerprint density at radius 2 is 1.21 bits per heavy atom. The van der Waals surface area contributed by atoms with Gasteiger partial charge in [-0.1, -0.05) is 67.6 Å². The molecule has 230 valence electrons. The fourth-order valence-electron chi connectivity index (χ4n) is 2.90. The zero-order chi connectivity index (χ0) is 30.6. The Balaban J connectivity index is 1.87. The van der Waals surface area contributed by atoms with E-state index in [0.717, 1.165) is 11.1 Å². The van der Waals surface area contributed by atoms with Crippen molar-refractivity contribution in [3.63, 3.8) is 0 Å². The normalized spacial score (nSPS) is 11.3. The number of hydrogen-bond acceptors (Lipinski definition) is 11. The van der Waals surface area contributed by atoms with Crippen LogP contribution in [0.5, 0.6) is 0 Å². The summed E-state index contributed by atoms with van der Waals surface area (Å²) in [6.45, 7) is 0.298. The van der Waals surface area contributed by atoms with Gasteiger partial charge in [0.1, 0.15) is 33.0 Å². The van der Waals surface area contributed by atoms with Crippen molar-refractivity contribution in [1.82, 2.24) is 4.90 Å². The van der Waals surface area contributed by atoms with Gasteiger partial charge in [0, 0.05) is 7.05 Å². The number of esters is 1. The third-order valence-electron chi connectivity index (χ3n) is 4.96. The van der Waals surface area contributed by atoms with Crippen LogP contribution >= 0.6 is 7.75 Å². The largest absolute Gasteiger partial charge is 0.508 e. The van der Waals surface area contributed by atoms with Crippen LogP contribution in [0.15, 0.2) is 65.4 Å². The minimum absolute atomic E-state index is 0.00374. The third-order valence-corrected chi connectivity index (χ3v) is 6.43. The summed E-state index contributed by atoms with van der Waals surface area (Å²) in [6, 6.07) is 18.0. The zero-order valence-electron chi connectivity index (χ0n) is 23.5. The molecule has 2 aromatic rings. The Labute approximate surface area is 244 Å². The van der Waals surface area contributed by atoms with E-state index in [1.54, 1.807) is 48.5 Å². The molecule has 2 aromatic carbocycles. The Morgan fingerprint density at radius 3 is 1.67 bits per heavy atom. The second kappa shape index (κ2) is 19.1. The SMILES string of the molecule is CCCOC(=O)CN(C)/C(N)=N/P(=O)(OCCOC(=O)OCc1ccccc1)OCCOC(=O)OCc1ccccc1. The molecule has 0 fully saturated rings. The molecule has 14 nitrogen and oxygen atoms in total. The number of guanidine groups is 1. The Hall–Kier alpha value is -4.13. The van der Waals surface area contributed by atoms with E-state index in [-0.39, 0.29) is 45.5 Å². The highest BCUT2D eigenvalue weighted by Crippen LogP contribution is 2.49. The number of ether oxygens (including phenoxy) is 5. The fraction of sp³-hybridized carbons (Fsp3) is 0.407. The van der Waals surface area contributed by atoms with Gasteiger partial charge in [-0.05, 0) is 17.5 Å². The summed E-state index contributed by atoms with van der Waals surface area (Å²) in [4.78, 5) is 36.8. The highest BCUT2D eigenvalue weighted by Gasteiger charge is 2.27. The van der Waals surface area contributed by atoms with Crippen molar-refractivity contribution in [2.45, 2.75) is 26.6 Å². The first-order chi connectivity index (χ1) is 20.2. The first-order valence-electron chi connectivity index (χ1n) is 13.0. The van der Waals surface area contributed by atoms with E-state index < -0.39 is 39.2 Å². The van der Waals surface area contributed by atoms with Crippen molar-refractivity contribution in [1.29, 1.82) is 0 Å². The lowest BCUT2D eigenvalue weighted by molar-refractivity contribution is -0.143. The highest BCUT2D eigenvalue weighted by molar-refractivity contribution is 7.52. The first-order valence-corrected chi connectivity index (χ1v) is 14.5. The van der Waals surface area contributed by atoms with Gasteiger partial charge in [-0.3, -0.25) is 13.8 Å². The molecule has 0 saturated heterocycles. The lowest BCUT2D eigenvalue weighted by atomic mass is 10.2. The van der Waals surface area contributed by atoms with Crippen LogP contribution in [0, 0.1) is 0 Å². The second-order valence-electron chi connectivity index (χ2n) is 8.42. The number of rotatable bonds is 17. The maximum atomic E-state index is 13.3. The van der Waals surface area contributed by atoms with Gasteiger partial charge in [0.15, 0.2) is 0 Å². The molecule has 2 N–H and O–H groups in total. The van der Waals surface area contributed by atoms with Crippen molar-refractivity contribution < 1.29 is 51.7 Å². The molecule has 0 saturated carbocycles. The lowest BCUT2D eigenvalue weighted by Gasteiger charge is -2.20. The van der Waals surface area contributed by atoms with Crippen LogP contribution in [0.4, 0.5) is 9.59 Å². The number of hydrogen-bond donors (Lipinski definition) is 1. The maximum absolute atomic E-state index is 13.3. The van der Waals surface area contributed by atoms with Crippen LogP contribution in [0.3, 0.4) is 0 Å². The molecule has 0 aliphatic rings. The third kappa shape index (κ3) is 14.5. The van der Waals surface area contributed by atoms with Crippen LogP contribution in [0.2, 0.25) is 0 Å². The monoisotopic (exact) mass is 609 g/mol. The van der Waals surface area contributed by atoms with Gasteiger partial charge in [-0.2, -0.15) is 0 Å². The van der Waals surface area contributed by atoms with Crippen molar-refractivity contribution >= 4 is 32.0 Å². The Kier molecular flexibility index (Phi) is 15.5. The van der Waals surface area contributed by atoms with E-state index in [1.807, 2.05) is 19.1 Å². The molecule has 2 rings (SSSR count). The number of carbonyl (C=O) groups excluding carboxylic acids is 3. The van der Waals surface area contributed by atoms with Crippen LogP contribution in [-0.4, -0.2) is 75.8 Å². The fourth-order valence-corrected chi connectivity index (χ4v) is 4.11. The number of nitrogens with two attached hydrogens (primary N) is 1. The summed E-state index contributed by atoms with van der Waals surface area (Å²) >= 11 is 0. The van der Waals surface area contributed by atoms with Crippen molar-refractivity contribution in [2.24, 2.45) is 10.5 Å².